The van der Waals surface area contributed by atoms with Gasteiger partial charge in [-0.1, -0.05) is 44.9 Å². The maximum absolute atomic E-state index is 12.5. The van der Waals surface area contributed by atoms with Crippen molar-refractivity contribution in [2.24, 2.45) is 11.8 Å². The monoisotopic (exact) mass is 304 g/mol. The van der Waals surface area contributed by atoms with Gasteiger partial charge in [0, 0.05) is 5.56 Å². The summed E-state index contributed by atoms with van der Waals surface area (Å²) < 4.78 is 41.7. The average Bonchev–Trinajstić information content (AvgIpc) is 2.40. The quantitative estimate of drug-likeness (QED) is 0.556. The summed E-state index contributed by atoms with van der Waals surface area (Å²) in [4.78, 5) is 0. The predicted octanol–water partition coefficient (Wildman–Crippen LogP) is 4.31. The normalized spacial score (nSPS) is 13.5. The lowest BCUT2D eigenvalue weighted by Crippen LogP contribution is -2.34. The Morgan fingerprint density at radius 1 is 1.14 bits per heavy atom. The number of hydrazine groups is 1. The molecule has 1 rings (SSSR count). The molecule has 0 saturated carbocycles. The summed E-state index contributed by atoms with van der Waals surface area (Å²) >= 11 is 0. The van der Waals surface area contributed by atoms with Gasteiger partial charge in [0.05, 0.1) is 6.04 Å². The topological polar surface area (TPSA) is 47.3 Å². The van der Waals surface area contributed by atoms with E-state index in [-0.39, 0.29) is 17.7 Å². The van der Waals surface area contributed by atoms with E-state index >= 15 is 0 Å². The summed E-state index contributed by atoms with van der Waals surface area (Å²) in [7, 11) is 0. The van der Waals surface area contributed by atoms with Crippen molar-refractivity contribution in [2.45, 2.75) is 51.9 Å². The first-order chi connectivity index (χ1) is 9.92. The van der Waals surface area contributed by atoms with Gasteiger partial charge in [-0.25, -0.2) is 0 Å². The molecule has 0 saturated heterocycles. The molecule has 0 aliphatic carbocycles. The highest BCUT2D eigenvalue weighted by atomic mass is 19.4. The van der Waals surface area contributed by atoms with E-state index in [9.17, 15) is 13.2 Å². The van der Waals surface area contributed by atoms with E-state index in [1.54, 1.807) is 12.1 Å². The number of benzene rings is 1. The number of ether oxygens (including phenoxy) is 1. The second-order valence-electron chi connectivity index (χ2n) is 5.07. The van der Waals surface area contributed by atoms with Gasteiger partial charge >= 0.3 is 6.36 Å². The van der Waals surface area contributed by atoms with Crippen molar-refractivity contribution >= 4 is 0 Å². The molecule has 0 radical (unpaired) electrons. The van der Waals surface area contributed by atoms with Crippen LogP contribution in [0.15, 0.2) is 24.3 Å². The van der Waals surface area contributed by atoms with E-state index in [2.05, 4.69) is 10.2 Å². The lowest BCUT2D eigenvalue weighted by molar-refractivity contribution is -0.275. The second-order valence-corrected chi connectivity index (χ2v) is 5.07. The number of hydrogen-bond donors (Lipinski definition) is 2. The summed E-state index contributed by atoms with van der Waals surface area (Å²) in [5.74, 6) is 5.59. The van der Waals surface area contributed by atoms with Crippen molar-refractivity contribution in [2.75, 3.05) is 0 Å². The van der Waals surface area contributed by atoms with Crippen molar-refractivity contribution in [3.63, 3.8) is 0 Å². The van der Waals surface area contributed by atoms with Crippen LogP contribution in [-0.2, 0) is 0 Å². The van der Waals surface area contributed by atoms with E-state index in [1.165, 1.54) is 12.1 Å². The van der Waals surface area contributed by atoms with E-state index < -0.39 is 6.36 Å². The van der Waals surface area contributed by atoms with Crippen LogP contribution in [0.5, 0.6) is 5.75 Å². The fraction of sp³-hybridized carbons (Fsp3) is 0.600. The Balaban J connectivity index is 3.08. The highest BCUT2D eigenvalue weighted by Gasteiger charge is 2.33. The number of halogens is 3. The standard InChI is InChI=1S/C15H23F3N2O/c1-3-7-11(8-4-2)14(20-19)12-9-5-6-10-13(12)21-15(16,17)18/h5-6,9-11,14,20H,3-4,7-8,19H2,1-2H3. The van der Waals surface area contributed by atoms with E-state index in [0.717, 1.165) is 25.7 Å². The number of nitrogens with one attached hydrogen (secondary N) is 1. The van der Waals surface area contributed by atoms with E-state index in [1.807, 2.05) is 13.8 Å². The molecule has 0 aromatic heterocycles. The fourth-order valence-corrected chi connectivity index (χ4v) is 2.65. The van der Waals surface area contributed by atoms with Gasteiger partial charge < -0.3 is 4.74 Å². The Kier molecular flexibility index (Phi) is 6.98. The number of alkyl halides is 3. The van der Waals surface area contributed by atoms with Gasteiger partial charge in [0.2, 0.25) is 0 Å². The van der Waals surface area contributed by atoms with Gasteiger partial charge in [0.15, 0.2) is 0 Å². The van der Waals surface area contributed by atoms with Crippen LogP contribution < -0.4 is 16.0 Å². The van der Waals surface area contributed by atoms with Crippen LogP contribution in [0.25, 0.3) is 0 Å². The Bertz CT molecular complexity index is 418. The van der Waals surface area contributed by atoms with Gasteiger partial charge in [0.1, 0.15) is 5.75 Å². The van der Waals surface area contributed by atoms with Crippen molar-refractivity contribution < 1.29 is 17.9 Å². The molecule has 3 N–H and O–H groups in total. The SMILES string of the molecule is CCCC(CCC)C(NN)c1ccccc1OC(F)(F)F. The summed E-state index contributed by atoms with van der Waals surface area (Å²) in [6.07, 6.45) is -1.03. The molecule has 6 heteroatoms. The smallest absolute Gasteiger partial charge is 0.405 e. The molecule has 120 valence electrons. The Morgan fingerprint density at radius 3 is 2.19 bits per heavy atom. The largest absolute Gasteiger partial charge is 0.573 e. The molecule has 1 atom stereocenters. The van der Waals surface area contributed by atoms with Crippen LogP contribution in [0.3, 0.4) is 0 Å². The van der Waals surface area contributed by atoms with Crippen LogP contribution in [0.2, 0.25) is 0 Å². The number of nitrogens with two attached hydrogens (primary N) is 1. The molecule has 0 bridgehead atoms. The molecule has 0 fully saturated rings. The number of rotatable bonds is 8. The van der Waals surface area contributed by atoms with Crippen LogP contribution in [0.4, 0.5) is 13.2 Å². The lowest BCUT2D eigenvalue weighted by Gasteiger charge is -2.28. The number of para-hydroxylation sites is 1. The summed E-state index contributed by atoms with van der Waals surface area (Å²) in [5.41, 5.74) is 3.12. The van der Waals surface area contributed by atoms with Gasteiger partial charge in [0.25, 0.3) is 0 Å². The highest BCUT2D eigenvalue weighted by Crippen LogP contribution is 2.36. The zero-order valence-corrected chi connectivity index (χ0v) is 12.4. The van der Waals surface area contributed by atoms with Crippen molar-refractivity contribution in [1.82, 2.24) is 5.43 Å². The van der Waals surface area contributed by atoms with Gasteiger partial charge in [-0.2, -0.15) is 0 Å². The summed E-state index contributed by atoms with van der Waals surface area (Å²) in [5, 5.41) is 0. The van der Waals surface area contributed by atoms with Crippen molar-refractivity contribution in [3.05, 3.63) is 29.8 Å². The first-order valence-corrected chi connectivity index (χ1v) is 7.23. The van der Waals surface area contributed by atoms with E-state index in [4.69, 9.17) is 5.84 Å². The number of hydrogen-bond acceptors (Lipinski definition) is 3. The first-order valence-electron chi connectivity index (χ1n) is 7.23. The lowest BCUT2D eigenvalue weighted by atomic mass is 9.86. The molecular weight excluding hydrogens is 281 g/mol. The predicted molar refractivity (Wildman–Crippen MR) is 76.5 cm³/mol. The Labute approximate surface area is 123 Å². The molecular formula is C15H23F3N2O. The molecule has 1 aromatic carbocycles. The van der Waals surface area contributed by atoms with Gasteiger partial charge in [-0.15, -0.1) is 13.2 Å². The zero-order chi connectivity index (χ0) is 15.9. The minimum Gasteiger partial charge on any atom is -0.405 e. The molecule has 0 spiro atoms. The third kappa shape index (κ3) is 5.55. The van der Waals surface area contributed by atoms with Crippen LogP contribution in [-0.4, -0.2) is 6.36 Å². The maximum Gasteiger partial charge on any atom is 0.573 e. The molecule has 1 aromatic rings. The van der Waals surface area contributed by atoms with Crippen molar-refractivity contribution in [1.29, 1.82) is 0 Å². The second kappa shape index (κ2) is 8.24. The molecule has 0 aliphatic heterocycles. The Morgan fingerprint density at radius 2 is 1.71 bits per heavy atom. The molecule has 1 unspecified atom stereocenters. The van der Waals surface area contributed by atoms with Crippen LogP contribution >= 0.6 is 0 Å². The van der Waals surface area contributed by atoms with Crippen LogP contribution in [0, 0.1) is 5.92 Å². The Hall–Kier alpha value is -1.27. The third-order valence-electron chi connectivity index (χ3n) is 3.45. The summed E-state index contributed by atoms with van der Waals surface area (Å²) in [6.45, 7) is 4.10. The minimum atomic E-state index is -4.71. The maximum atomic E-state index is 12.5. The summed E-state index contributed by atoms with van der Waals surface area (Å²) in [6, 6.07) is 5.81. The minimum absolute atomic E-state index is 0.169. The molecule has 0 heterocycles. The molecule has 21 heavy (non-hydrogen) atoms. The van der Waals surface area contributed by atoms with Gasteiger partial charge in [-0.05, 0) is 24.8 Å². The van der Waals surface area contributed by atoms with Gasteiger partial charge in [-0.3, -0.25) is 11.3 Å². The van der Waals surface area contributed by atoms with Crippen molar-refractivity contribution in [3.8, 4) is 5.75 Å². The molecule has 3 nitrogen and oxygen atoms in total. The van der Waals surface area contributed by atoms with E-state index in [0.29, 0.717) is 5.56 Å². The molecule has 0 aliphatic rings. The molecule has 0 amide bonds. The average molecular weight is 304 g/mol. The first kappa shape index (κ1) is 17.8. The third-order valence-corrected chi connectivity index (χ3v) is 3.45. The van der Waals surface area contributed by atoms with Crippen LogP contribution in [0.1, 0.15) is 51.1 Å². The fourth-order valence-electron chi connectivity index (χ4n) is 2.65. The highest BCUT2D eigenvalue weighted by molar-refractivity contribution is 5.36. The zero-order valence-electron chi connectivity index (χ0n) is 12.4.